The molecule has 0 bridgehead atoms. The minimum Gasteiger partial charge on any atom is -0.341 e. The molecule has 0 radical (unpaired) electrons. The number of H-pyrrole nitrogens is 1. The van der Waals surface area contributed by atoms with Crippen molar-refractivity contribution >= 4 is 5.95 Å². The van der Waals surface area contributed by atoms with Crippen LogP contribution in [0.1, 0.15) is 18.5 Å². The SMILES string of the molecule is Cc1cc(=O)[nH]c(N2CCC[C@@H](N)C2)n1. The van der Waals surface area contributed by atoms with Gasteiger partial charge in [-0.1, -0.05) is 0 Å². The molecule has 15 heavy (non-hydrogen) atoms. The van der Waals surface area contributed by atoms with Gasteiger partial charge in [0, 0.05) is 30.9 Å². The fraction of sp³-hybridized carbons (Fsp3) is 0.600. The lowest BCUT2D eigenvalue weighted by molar-refractivity contribution is 0.499. The van der Waals surface area contributed by atoms with E-state index in [1.54, 1.807) is 0 Å². The number of piperidine rings is 1. The fourth-order valence-corrected chi connectivity index (χ4v) is 1.92. The van der Waals surface area contributed by atoms with Gasteiger partial charge in [-0.05, 0) is 19.8 Å². The predicted molar refractivity (Wildman–Crippen MR) is 59.0 cm³/mol. The van der Waals surface area contributed by atoms with Gasteiger partial charge in [-0.15, -0.1) is 0 Å². The van der Waals surface area contributed by atoms with E-state index in [1.165, 1.54) is 6.07 Å². The van der Waals surface area contributed by atoms with Gasteiger partial charge < -0.3 is 10.6 Å². The van der Waals surface area contributed by atoms with Crippen LogP contribution in [-0.2, 0) is 0 Å². The molecule has 0 aliphatic carbocycles. The van der Waals surface area contributed by atoms with E-state index in [4.69, 9.17) is 5.73 Å². The number of anilines is 1. The van der Waals surface area contributed by atoms with Crippen molar-refractivity contribution in [2.75, 3.05) is 18.0 Å². The highest BCUT2D eigenvalue weighted by molar-refractivity contribution is 5.31. The highest BCUT2D eigenvalue weighted by atomic mass is 16.1. The van der Waals surface area contributed by atoms with Gasteiger partial charge in [0.15, 0.2) is 0 Å². The maximum atomic E-state index is 11.3. The maximum Gasteiger partial charge on any atom is 0.252 e. The van der Waals surface area contributed by atoms with Crippen molar-refractivity contribution in [3.05, 3.63) is 22.1 Å². The van der Waals surface area contributed by atoms with E-state index in [1.807, 2.05) is 11.8 Å². The summed E-state index contributed by atoms with van der Waals surface area (Å²) in [6, 6.07) is 1.68. The number of aromatic nitrogens is 2. The number of nitrogens with two attached hydrogens (primary N) is 1. The smallest absolute Gasteiger partial charge is 0.252 e. The summed E-state index contributed by atoms with van der Waals surface area (Å²) in [6.45, 7) is 3.51. The molecule has 1 aliphatic rings. The highest BCUT2D eigenvalue weighted by Crippen LogP contribution is 2.13. The summed E-state index contributed by atoms with van der Waals surface area (Å²) in [5.41, 5.74) is 6.52. The largest absolute Gasteiger partial charge is 0.341 e. The number of rotatable bonds is 1. The third-order valence-electron chi connectivity index (χ3n) is 2.61. The number of hydrogen-bond donors (Lipinski definition) is 2. The monoisotopic (exact) mass is 208 g/mol. The van der Waals surface area contributed by atoms with Crippen LogP contribution in [0.5, 0.6) is 0 Å². The standard InChI is InChI=1S/C10H16N4O/c1-7-5-9(15)13-10(12-7)14-4-2-3-8(11)6-14/h5,8H,2-4,6,11H2,1H3,(H,12,13,15)/t8-/m1/s1. The van der Waals surface area contributed by atoms with Gasteiger partial charge in [-0.3, -0.25) is 9.78 Å². The normalized spacial score (nSPS) is 21.7. The molecule has 0 saturated carbocycles. The second kappa shape index (κ2) is 4.02. The molecule has 3 N–H and O–H groups in total. The lowest BCUT2D eigenvalue weighted by Gasteiger charge is -2.31. The molecule has 1 aromatic rings. The van der Waals surface area contributed by atoms with Gasteiger partial charge in [0.05, 0.1) is 0 Å². The molecule has 5 nitrogen and oxygen atoms in total. The van der Waals surface area contributed by atoms with Crippen molar-refractivity contribution in [2.24, 2.45) is 5.73 Å². The molecular formula is C10H16N4O. The molecule has 0 aromatic carbocycles. The van der Waals surface area contributed by atoms with Crippen molar-refractivity contribution in [3.63, 3.8) is 0 Å². The summed E-state index contributed by atoms with van der Waals surface area (Å²) in [5, 5.41) is 0. The summed E-state index contributed by atoms with van der Waals surface area (Å²) < 4.78 is 0. The Morgan fingerprint density at radius 1 is 1.67 bits per heavy atom. The zero-order valence-electron chi connectivity index (χ0n) is 8.86. The topological polar surface area (TPSA) is 75.0 Å². The number of aryl methyl sites for hydroxylation is 1. The molecule has 2 heterocycles. The first-order valence-corrected chi connectivity index (χ1v) is 5.23. The van der Waals surface area contributed by atoms with Crippen LogP contribution in [-0.4, -0.2) is 29.1 Å². The summed E-state index contributed by atoms with van der Waals surface area (Å²) in [7, 11) is 0. The van der Waals surface area contributed by atoms with E-state index >= 15 is 0 Å². The van der Waals surface area contributed by atoms with E-state index in [9.17, 15) is 4.79 Å². The number of nitrogens with one attached hydrogen (secondary N) is 1. The molecule has 2 rings (SSSR count). The lowest BCUT2D eigenvalue weighted by atomic mass is 10.1. The number of aromatic amines is 1. The molecule has 1 fully saturated rings. The highest BCUT2D eigenvalue weighted by Gasteiger charge is 2.18. The average molecular weight is 208 g/mol. The van der Waals surface area contributed by atoms with Crippen molar-refractivity contribution in [3.8, 4) is 0 Å². The Labute approximate surface area is 88.3 Å². The molecule has 82 valence electrons. The van der Waals surface area contributed by atoms with Crippen LogP contribution in [0.3, 0.4) is 0 Å². The van der Waals surface area contributed by atoms with Gasteiger partial charge in [-0.25, -0.2) is 4.98 Å². The maximum absolute atomic E-state index is 11.3. The van der Waals surface area contributed by atoms with Gasteiger partial charge in [-0.2, -0.15) is 0 Å². The van der Waals surface area contributed by atoms with Crippen LogP contribution >= 0.6 is 0 Å². The van der Waals surface area contributed by atoms with Crippen molar-refractivity contribution in [1.82, 2.24) is 9.97 Å². The molecule has 0 spiro atoms. The average Bonchev–Trinajstić information content (AvgIpc) is 2.16. The third kappa shape index (κ3) is 2.36. The summed E-state index contributed by atoms with van der Waals surface area (Å²) >= 11 is 0. The first kappa shape index (κ1) is 10.2. The summed E-state index contributed by atoms with van der Waals surface area (Å²) in [6.07, 6.45) is 2.10. The van der Waals surface area contributed by atoms with Crippen molar-refractivity contribution in [2.45, 2.75) is 25.8 Å². The second-order valence-corrected chi connectivity index (χ2v) is 4.06. The van der Waals surface area contributed by atoms with E-state index < -0.39 is 0 Å². The Morgan fingerprint density at radius 3 is 3.13 bits per heavy atom. The molecule has 0 unspecified atom stereocenters. The van der Waals surface area contributed by atoms with Crippen LogP contribution in [0.15, 0.2) is 10.9 Å². The molecule has 1 atom stereocenters. The number of hydrogen-bond acceptors (Lipinski definition) is 4. The molecule has 5 heteroatoms. The lowest BCUT2D eigenvalue weighted by Crippen LogP contribution is -2.44. The zero-order chi connectivity index (χ0) is 10.8. The Hall–Kier alpha value is -1.36. The minimum atomic E-state index is -0.100. The first-order chi connectivity index (χ1) is 7.15. The molecule has 1 aromatic heterocycles. The Balaban J connectivity index is 2.24. The van der Waals surface area contributed by atoms with Crippen LogP contribution in [0.4, 0.5) is 5.95 Å². The zero-order valence-corrected chi connectivity index (χ0v) is 8.86. The van der Waals surface area contributed by atoms with Crippen molar-refractivity contribution in [1.29, 1.82) is 0 Å². The van der Waals surface area contributed by atoms with Crippen LogP contribution in [0, 0.1) is 6.92 Å². The third-order valence-corrected chi connectivity index (χ3v) is 2.61. The molecular weight excluding hydrogens is 192 g/mol. The summed E-state index contributed by atoms with van der Waals surface area (Å²) in [4.78, 5) is 20.4. The van der Waals surface area contributed by atoms with Gasteiger partial charge in [0.1, 0.15) is 0 Å². The first-order valence-electron chi connectivity index (χ1n) is 5.23. The van der Waals surface area contributed by atoms with Gasteiger partial charge in [0.25, 0.3) is 5.56 Å². The molecule has 1 aliphatic heterocycles. The Bertz CT molecular complexity index is 401. The van der Waals surface area contributed by atoms with Crippen LogP contribution < -0.4 is 16.2 Å². The van der Waals surface area contributed by atoms with E-state index in [-0.39, 0.29) is 11.6 Å². The number of nitrogens with zero attached hydrogens (tertiary/aromatic N) is 2. The van der Waals surface area contributed by atoms with Crippen molar-refractivity contribution < 1.29 is 0 Å². The van der Waals surface area contributed by atoms with Crippen LogP contribution in [0.2, 0.25) is 0 Å². The fourth-order valence-electron chi connectivity index (χ4n) is 1.92. The summed E-state index contributed by atoms with van der Waals surface area (Å²) in [5.74, 6) is 0.648. The Morgan fingerprint density at radius 2 is 2.47 bits per heavy atom. The Kier molecular flexibility index (Phi) is 2.73. The second-order valence-electron chi connectivity index (χ2n) is 4.06. The molecule has 0 amide bonds. The van der Waals surface area contributed by atoms with E-state index in [2.05, 4.69) is 9.97 Å². The van der Waals surface area contributed by atoms with Gasteiger partial charge in [0.2, 0.25) is 5.95 Å². The predicted octanol–water partition coefficient (Wildman–Crippen LogP) is 0.00582. The van der Waals surface area contributed by atoms with Gasteiger partial charge >= 0.3 is 0 Å². The van der Waals surface area contributed by atoms with Crippen LogP contribution in [0.25, 0.3) is 0 Å². The van der Waals surface area contributed by atoms with E-state index in [0.717, 1.165) is 31.6 Å². The molecule has 1 saturated heterocycles. The van der Waals surface area contributed by atoms with E-state index in [0.29, 0.717) is 5.95 Å². The minimum absolute atomic E-state index is 0.100. The quantitative estimate of drug-likeness (QED) is 0.681.